The van der Waals surface area contributed by atoms with Crippen LogP contribution < -0.4 is 10.5 Å². The van der Waals surface area contributed by atoms with E-state index < -0.39 is 0 Å². The van der Waals surface area contributed by atoms with E-state index in [0.29, 0.717) is 5.92 Å². The predicted molar refractivity (Wildman–Crippen MR) is 78.8 cm³/mol. The molecule has 1 aromatic rings. The average Bonchev–Trinajstić information content (AvgIpc) is 2.91. The largest absolute Gasteiger partial charge is 0.493 e. The van der Waals surface area contributed by atoms with Crippen LogP contribution in [0.1, 0.15) is 52.4 Å². The van der Waals surface area contributed by atoms with Gasteiger partial charge in [0.15, 0.2) is 5.75 Å². The third-order valence-corrected chi connectivity index (χ3v) is 4.56. The zero-order valence-corrected chi connectivity index (χ0v) is 13.3. The topological polar surface area (TPSA) is 62.3 Å². The fourth-order valence-electron chi connectivity index (χ4n) is 3.34. The molecule has 20 heavy (non-hydrogen) atoms. The number of hydrogen-bond donors (Lipinski definition) is 1. The molecule has 0 radical (unpaired) electrons. The average molecular weight is 281 g/mol. The SMILES string of the molecule is COc1cnn(C(C)C)c1C(N)C1C(C)OC(C)C1C. The number of nitrogens with zero attached hydrogens (tertiary/aromatic N) is 2. The third kappa shape index (κ3) is 2.44. The van der Waals surface area contributed by atoms with E-state index in [2.05, 4.69) is 39.7 Å². The van der Waals surface area contributed by atoms with E-state index in [0.717, 1.165) is 11.4 Å². The van der Waals surface area contributed by atoms with E-state index in [1.807, 2.05) is 4.68 Å². The lowest BCUT2D eigenvalue weighted by atomic mass is 9.82. The highest BCUT2D eigenvalue weighted by atomic mass is 16.5. The lowest BCUT2D eigenvalue weighted by molar-refractivity contribution is 0.0485. The summed E-state index contributed by atoms with van der Waals surface area (Å²) < 4.78 is 13.3. The molecule has 2 N–H and O–H groups in total. The summed E-state index contributed by atoms with van der Waals surface area (Å²) >= 11 is 0. The van der Waals surface area contributed by atoms with Crippen molar-refractivity contribution in [1.82, 2.24) is 9.78 Å². The van der Waals surface area contributed by atoms with Gasteiger partial charge in [0, 0.05) is 12.0 Å². The number of hydrogen-bond acceptors (Lipinski definition) is 4. The number of ether oxygens (including phenoxy) is 2. The minimum atomic E-state index is -0.134. The van der Waals surface area contributed by atoms with Crippen LogP contribution in [0.2, 0.25) is 0 Å². The van der Waals surface area contributed by atoms with Crippen LogP contribution in [0.25, 0.3) is 0 Å². The van der Waals surface area contributed by atoms with Gasteiger partial charge >= 0.3 is 0 Å². The van der Waals surface area contributed by atoms with Gasteiger partial charge in [-0.1, -0.05) is 6.92 Å². The minimum Gasteiger partial charge on any atom is -0.493 e. The summed E-state index contributed by atoms with van der Waals surface area (Å²) in [6, 6.07) is 0.120. The molecule has 0 spiro atoms. The molecule has 5 atom stereocenters. The first-order valence-corrected chi connectivity index (χ1v) is 7.40. The van der Waals surface area contributed by atoms with Gasteiger partial charge in [0.2, 0.25) is 0 Å². The maximum absolute atomic E-state index is 6.58. The monoisotopic (exact) mass is 281 g/mol. The Morgan fingerprint density at radius 2 is 1.95 bits per heavy atom. The standard InChI is InChI=1S/C15H27N3O2/c1-8(2)18-15(12(19-6)7-17-18)14(16)13-9(3)10(4)20-11(13)5/h7-11,13-14H,16H2,1-6H3. The molecule has 1 saturated heterocycles. The Morgan fingerprint density at radius 3 is 2.40 bits per heavy atom. The lowest BCUT2D eigenvalue weighted by Crippen LogP contribution is -2.33. The molecule has 114 valence electrons. The number of aromatic nitrogens is 2. The lowest BCUT2D eigenvalue weighted by Gasteiger charge is -2.27. The maximum atomic E-state index is 6.58. The van der Waals surface area contributed by atoms with Crippen molar-refractivity contribution in [2.75, 3.05) is 7.11 Å². The van der Waals surface area contributed by atoms with E-state index in [1.165, 1.54) is 0 Å². The van der Waals surface area contributed by atoms with Gasteiger partial charge in [-0.25, -0.2) is 0 Å². The molecule has 0 bridgehead atoms. The van der Waals surface area contributed by atoms with E-state index in [4.69, 9.17) is 15.2 Å². The molecule has 2 rings (SSSR count). The van der Waals surface area contributed by atoms with Gasteiger partial charge in [-0.2, -0.15) is 5.10 Å². The maximum Gasteiger partial charge on any atom is 0.161 e. The van der Waals surface area contributed by atoms with Crippen LogP contribution in [0.3, 0.4) is 0 Å². The summed E-state index contributed by atoms with van der Waals surface area (Å²) in [5.74, 6) is 1.46. The molecule has 5 heteroatoms. The Morgan fingerprint density at radius 1 is 1.30 bits per heavy atom. The van der Waals surface area contributed by atoms with Crippen molar-refractivity contribution in [3.05, 3.63) is 11.9 Å². The van der Waals surface area contributed by atoms with Gasteiger partial charge in [0.05, 0.1) is 37.3 Å². The molecular formula is C15H27N3O2. The van der Waals surface area contributed by atoms with Crippen LogP contribution in [0, 0.1) is 11.8 Å². The van der Waals surface area contributed by atoms with Gasteiger partial charge in [-0.15, -0.1) is 0 Å². The van der Waals surface area contributed by atoms with Crippen LogP contribution in [0.5, 0.6) is 5.75 Å². The van der Waals surface area contributed by atoms with Crippen molar-refractivity contribution in [2.45, 2.75) is 58.9 Å². The van der Waals surface area contributed by atoms with E-state index in [9.17, 15) is 0 Å². The summed E-state index contributed by atoms with van der Waals surface area (Å²) in [6.45, 7) is 10.6. The molecule has 1 fully saturated rings. The molecule has 0 aromatic carbocycles. The second-order valence-electron chi connectivity index (χ2n) is 6.15. The molecule has 1 aliphatic heterocycles. The van der Waals surface area contributed by atoms with Gasteiger partial charge in [-0.05, 0) is 33.6 Å². The van der Waals surface area contributed by atoms with Crippen molar-refractivity contribution in [1.29, 1.82) is 0 Å². The highest BCUT2D eigenvalue weighted by Crippen LogP contribution is 2.42. The summed E-state index contributed by atoms with van der Waals surface area (Å²) in [4.78, 5) is 0. The van der Waals surface area contributed by atoms with Gasteiger partial charge < -0.3 is 15.2 Å². The quantitative estimate of drug-likeness (QED) is 0.921. The highest BCUT2D eigenvalue weighted by Gasteiger charge is 2.42. The van der Waals surface area contributed by atoms with Crippen molar-refractivity contribution < 1.29 is 9.47 Å². The first-order valence-electron chi connectivity index (χ1n) is 7.40. The van der Waals surface area contributed by atoms with Gasteiger partial charge in [-0.3, -0.25) is 4.68 Å². The van der Waals surface area contributed by atoms with E-state index in [-0.39, 0.29) is 30.2 Å². The van der Waals surface area contributed by atoms with Crippen molar-refractivity contribution in [3.63, 3.8) is 0 Å². The number of rotatable bonds is 4. The Bertz CT molecular complexity index is 458. The number of methoxy groups -OCH3 is 1. The second-order valence-corrected chi connectivity index (χ2v) is 6.15. The molecule has 2 heterocycles. The smallest absolute Gasteiger partial charge is 0.161 e. The molecule has 5 nitrogen and oxygen atoms in total. The molecule has 1 aromatic heterocycles. The molecule has 0 aliphatic carbocycles. The summed E-state index contributed by atoms with van der Waals surface area (Å²) in [6.07, 6.45) is 2.14. The predicted octanol–water partition coefficient (Wildman–Crippen LogP) is 2.53. The highest BCUT2D eigenvalue weighted by molar-refractivity contribution is 5.29. The summed E-state index contributed by atoms with van der Waals surface area (Å²) in [5.41, 5.74) is 7.56. The fraction of sp³-hybridized carbons (Fsp3) is 0.800. The van der Waals surface area contributed by atoms with Crippen LogP contribution in [-0.4, -0.2) is 29.1 Å². The van der Waals surface area contributed by atoms with Crippen LogP contribution in [0.4, 0.5) is 0 Å². The van der Waals surface area contributed by atoms with Crippen molar-refractivity contribution in [3.8, 4) is 5.75 Å². The minimum absolute atomic E-state index is 0.134. The molecule has 1 aliphatic rings. The molecular weight excluding hydrogens is 254 g/mol. The molecule has 0 amide bonds. The van der Waals surface area contributed by atoms with Gasteiger partial charge in [0.1, 0.15) is 0 Å². The van der Waals surface area contributed by atoms with Crippen LogP contribution >= 0.6 is 0 Å². The van der Waals surface area contributed by atoms with Gasteiger partial charge in [0.25, 0.3) is 0 Å². The van der Waals surface area contributed by atoms with E-state index in [1.54, 1.807) is 13.3 Å². The second kappa shape index (κ2) is 5.74. The fourth-order valence-corrected chi connectivity index (χ4v) is 3.34. The Balaban J connectivity index is 2.37. The third-order valence-electron chi connectivity index (χ3n) is 4.56. The normalized spacial score (nSPS) is 31.8. The van der Waals surface area contributed by atoms with E-state index >= 15 is 0 Å². The Kier molecular flexibility index (Phi) is 4.39. The van der Waals surface area contributed by atoms with Crippen LogP contribution in [0.15, 0.2) is 6.20 Å². The molecule has 5 unspecified atom stereocenters. The Labute approximate surface area is 121 Å². The first-order chi connectivity index (χ1) is 9.38. The zero-order valence-electron chi connectivity index (χ0n) is 13.3. The number of nitrogens with two attached hydrogens (primary N) is 1. The Hall–Kier alpha value is -1.07. The summed E-state index contributed by atoms with van der Waals surface area (Å²) in [7, 11) is 1.67. The first kappa shape index (κ1) is 15.3. The van der Waals surface area contributed by atoms with Crippen molar-refractivity contribution >= 4 is 0 Å². The zero-order chi connectivity index (χ0) is 15.0. The molecule has 0 saturated carbocycles. The summed E-state index contributed by atoms with van der Waals surface area (Å²) in [5, 5.41) is 4.42. The van der Waals surface area contributed by atoms with Crippen molar-refractivity contribution in [2.24, 2.45) is 17.6 Å². The van der Waals surface area contributed by atoms with Crippen LogP contribution in [-0.2, 0) is 4.74 Å².